The summed E-state index contributed by atoms with van der Waals surface area (Å²) in [5, 5.41) is 14.6. The van der Waals surface area contributed by atoms with Gasteiger partial charge in [0.2, 0.25) is 0 Å². The Morgan fingerprint density at radius 2 is 2.18 bits per heavy atom. The predicted molar refractivity (Wildman–Crippen MR) is 63.4 cm³/mol. The van der Waals surface area contributed by atoms with E-state index in [1.54, 1.807) is 20.0 Å². The Balaban J connectivity index is 2.47. The van der Waals surface area contributed by atoms with Gasteiger partial charge in [0.1, 0.15) is 11.9 Å². The molecule has 1 heterocycles. The molecule has 2 rings (SSSR count). The lowest BCUT2D eigenvalue weighted by Crippen LogP contribution is -2.08. The third kappa shape index (κ3) is 2.18. The maximum absolute atomic E-state index is 13.0. The first-order valence-corrected chi connectivity index (χ1v) is 5.50. The van der Waals surface area contributed by atoms with Crippen LogP contribution in [0.15, 0.2) is 24.4 Å². The number of rotatable bonds is 2. The van der Waals surface area contributed by atoms with Crippen LogP contribution in [0.5, 0.6) is 0 Å². The SMILES string of the molecule is Cc1cc(F)ccc1C(O)c1c(Cl)cnn1C. The average molecular weight is 255 g/mol. The lowest BCUT2D eigenvalue weighted by molar-refractivity contribution is 0.209. The first-order chi connectivity index (χ1) is 8.00. The molecule has 0 amide bonds. The Morgan fingerprint density at radius 1 is 1.47 bits per heavy atom. The zero-order valence-corrected chi connectivity index (χ0v) is 10.2. The molecule has 0 radical (unpaired) electrons. The molecule has 0 aliphatic heterocycles. The molecule has 0 bridgehead atoms. The molecule has 1 unspecified atom stereocenters. The molecule has 1 aromatic heterocycles. The van der Waals surface area contributed by atoms with E-state index in [1.165, 1.54) is 23.0 Å². The normalized spacial score (nSPS) is 12.8. The highest BCUT2D eigenvalue weighted by Gasteiger charge is 2.20. The summed E-state index contributed by atoms with van der Waals surface area (Å²) in [5.41, 5.74) is 1.80. The lowest BCUT2D eigenvalue weighted by Gasteiger charge is -2.14. The monoisotopic (exact) mass is 254 g/mol. The van der Waals surface area contributed by atoms with Crippen molar-refractivity contribution in [2.75, 3.05) is 0 Å². The van der Waals surface area contributed by atoms with Crippen molar-refractivity contribution < 1.29 is 9.50 Å². The fraction of sp³-hybridized carbons (Fsp3) is 0.250. The van der Waals surface area contributed by atoms with Crippen molar-refractivity contribution in [1.29, 1.82) is 0 Å². The highest BCUT2D eigenvalue weighted by Crippen LogP contribution is 2.29. The largest absolute Gasteiger partial charge is 0.382 e. The minimum atomic E-state index is -0.907. The van der Waals surface area contributed by atoms with Gasteiger partial charge in [-0.15, -0.1) is 0 Å². The Kier molecular flexibility index (Phi) is 3.17. The number of benzene rings is 1. The third-order valence-electron chi connectivity index (χ3n) is 2.72. The van der Waals surface area contributed by atoms with E-state index >= 15 is 0 Å². The number of aromatic nitrogens is 2. The number of hydrogen-bond acceptors (Lipinski definition) is 2. The number of nitrogens with zero attached hydrogens (tertiary/aromatic N) is 2. The van der Waals surface area contributed by atoms with Crippen LogP contribution in [0.3, 0.4) is 0 Å². The summed E-state index contributed by atoms with van der Waals surface area (Å²) in [5.74, 6) is -0.324. The fourth-order valence-electron chi connectivity index (χ4n) is 1.82. The summed E-state index contributed by atoms with van der Waals surface area (Å²) >= 11 is 5.96. The van der Waals surface area contributed by atoms with Gasteiger partial charge in [0.25, 0.3) is 0 Å². The highest BCUT2D eigenvalue weighted by atomic mass is 35.5. The molecule has 1 aromatic carbocycles. The number of aliphatic hydroxyl groups is 1. The highest BCUT2D eigenvalue weighted by molar-refractivity contribution is 6.31. The van der Waals surface area contributed by atoms with Crippen LogP contribution in [-0.4, -0.2) is 14.9 Å². The maximum Gasteiger partial charge on any atom is 0.123 e. The fourth-order valence-corrected chi connectivity index (χ4v) is 2.09. The molecule has 90 valence electrons. The molecular formula is C12H12ClFN2O. The van der Waals surface area contributed by atoms with Crippen molar-refractivity contribution in [2.24, 2.45) is 7.05 Å². The summed E-state index contributed by atoms with van der Waals surface area (Å²) in [4.78, 5) is 0. The maximum atomic E-state index is 13.0. The first kappa shape index (κ1) is 12.1. The van der Waals surface area contributed by atoms with Gasteiger partial charge in [-0.05, 0) is 30.2 Å². The molecule has 0 fully saturated rings. The molecule has 17 heavy (non-hydrogen) atoms. The smallest absolute Gasteiger partial charge is 0.123 e. The molecule has 0 aliphatic carbocycles. The van der Waals surface area contributed by atoms with Crippen molar-refractivity contribution in [3.8, 4) is 0 Å². The summed E-state index contributed by atoms with van der Waals surface area (Å²) in [6.45, 7) is 1.74. The second kappa shape index (κ2) is 4.47. The minimum absolute atomic E-state index is 0.324. The zero-order valence-electron chi connectivity index (χ0n) is 9.48. The van der Waals surface area contributed by atoms with Crippen LogP contribution in [0.2, 0.25) is 5.02 Å². The minimum Gasteiger partial charge on any atom is -0.382 e. The van der Waals surface area contributed by atoms with E-state index in [2.05, 4.69) is 5.10 Å². The number of halogens is 2. The van der Waals surface area contributed by atoms with E-state index in [9.17, 15) is 9.50 Å². The Bertz CT molecular complexity index is 534. The second-order valence-electron chi connectivity index (χ2n) is 3.90. The Hall–Kier alpha value is -1.39. The third-order valence-corrected chi connectivity index (χ3v) is 3.01. The number of hydrogen-bond donors (Lipinski definition) is 1. The van der Waals surface area contributed by atoms with Gasteiger partial charge < -0.3 is 5.11 Å². The quantitative estimate of drug-likeness (QED) is 0.895. The van der Waals surface area contributed by atoms with Crippen LogP contribution in [0.25, 0.3) is 0 Å². The number of aryl methyl sites for hydroxylation is 2. The lowest BCUT2D eigenvalue weighted by atomic mass is 10.0. The molecule has 0 saturated carbocycles. The molecule has 0 spiro atoms. The van der Waals surface area contributed by atoms with Crippen molar-refractivity contribution in [3.63, 3.8) is 0 Å². The van der Waals surface area contributed by atoms with Crippen LogP contribution in [-0.2, 0) is 7.05 Å². The van der Waals surface area contributed by atoms with Crippen molar-refractivity contribution in [1.82, 2.24) is 9.78 Å². The Labute approximate surface area is 103 Å². The predicted octanol–water partition coefficient (Wildman–Crippen LogP) is 2.60. The summed E-state index contributed by atoms with van der Waals surface area (Å²) in [6.07, 6.45) is 0.564. The van der Waals surface area contributed by atoms with E-state index in [0.29, 0.717) is 21.8 Å². The van der Waals surface area contributed by atoms with E-state index in [0.717, 1.165) is 0 Å². The van der Waals surface area contributed by atoms with Crippen molar-refractivity contribution in [3.05, 3.63) is 52.1 Å². The van der Waals surface area contributed by atoms with Crippen LogP contribution in [0, 0.1) is 12.7 Å². The van der Waals surface area contributed by atoms with E-state index < -0.39 is 6.10 Å². The number of aliphatic hydroxyl groups excluding tert-OH is 1. The summed E-state index contributed by atoms with van der Waals surface area (Å²) < 4.78 is 14.5. The molecule has 5 heteroatoms. The topological polar surface area (TPSA) is 38.1 Å². The first-order valence-electron chi connectivity index (χ1n) is 5.12. The van der Waals surface area contributed by atoms with Gasteiger partial charge in [0.05, 0.1) is 16.9 Å². The molecular weight excluding hydrogens is 243 g/mol. The molecule has 1 atom stereocenters. The second-order valence-corrected chi connectivity index (χ2v) is 4.31. The van der Waals surface area contributed by atoms with Gasteiger partial charge in [-0.3, -0.25) is 4.68 Å². The van der Waals surface area contributed by atoms with Crippen LogP contribution < -0.4 is 0 Å². The van der Waals surface area contributed by atoms with Gasteiger partial charge in [-0.2, -0.15) is 5.10 Å². The molecule has 2 aromatic rings. The Morgan fingerprint density at radius 3 is 2.71 bits per heavy atom. The van der Waals surface area contributed by atoms with Crippen molar-refractivity contribution >= 4 is 11.6 Å². The molecule has 0 saturated heterocycles. The zero-order chi connectivity index (χ0) is 12.6. The van der Waals surface area contributed by atoms with Gasteiger partial charge >= 0.3 is 0 Å². The van der Waals surface area contributed by atoms with E-state index in [4.69, 9.17) is 11.6 Å². The molecule has 3 nitrogen and oxygen atoms in total. The molecule has 1 N–H and O–H groups in total. The van der Waals surface area contributed by atoms with E-state index in [1.807, 2.05) is 0 Å². The molecule has 0 aliphatic rings. The van der Waals surface area contributed by atoms with Gasteiger partial charge in [0, 0.05) is 7.05 Å². The average Bonchev–Trinajstić information content (AvgIpc) is 2.58. The van der Waals surface area contributed by atoms with Crippen molar-refractivity contribution in [2.45, 2.75) is 13.0 Å². The summed E-state index contributed by atoms with van der Waals surface area (Å²) in [7, 11) is 1.70. The van der Waals surface area contributed by atoms with Gasteiger partial charge in [0.15, 0.2) is 0 Å². The van der Waals surface area contributed by atoms with Crippen LogP contribution in [0.1, 0.15) is 22.9 Å². The van der Waals surface area contributed by atoms with E-state index in [-0.39, 0.29) is 5.82 Å². The van der Waals surface area contributed by atoms with Crippen LogP contribution >= 0.6 is 11.6 Å². The van der Waals surface area contributed by atoms with Gasteiger partial charge in [-0.1, -0.05) is 17.7 Å². The van der Waals surface area contributed by atoms with Crippen LogP contribution in [0.4, 0.5) is 4.39 Å². The summed E-state index contributed by atoms with van der Waals surface area (Å²) in [6, 6.07) is 4.25. The van der Waals surface area contributed by atoms with Gasteiger partial charge in [-0.25, -0.2) is 4.39 Å². The standard InChI is InChI=1S/C12H12ClFN2O/c1-7-5-8(14)3-4-9(7)12(17)11-10(13)6-15-16(11)2/h3-6,12,17H,1-2H3.